The second-order valence-corrected chi connectivity index (χ2v) is 4.19. The molecule has 3 heteroatoms. The second-order valence-electron chi connectivity index (χ2n) is 4.19. The van der Waals surface area contributed by atoms with Gasteiger partial charge in [0, 0.05) is 12.8 Å². The van der Waals surface area contributed by atoms with Gasteiger partial charge in [-0.3, -0.25) is 0 Å². The van der Waals surface area contributed by atoms with Crippen molar-refractivity contribution in [1.82, 2.24) is 0 Å². The van der Waals surface area contributed by atoms with Crippen LogP contribution in [0.2, 0.25) is 0 Å². The highest BCUT2D eigenvalue weighted by molar-refractivity contribution is 5.49. The minimum Gasteiger partial charge on any atom is -0.378 e. The Balaban J connectivity index is 2.90. The molecule has 16 heavy (non-hydrogen) atoms. The van der Waals surface area contributed by atoms with Gasteiger partial charge in [0.25, 0.3) is 0 Å². The highest BCUT2D eigenvalue weighted by Crippen LogP contribution is 2.20. The maximum Gasteiger partial charge on any atom is 0.148 e. The van der Waals surface area contributed by atoms with E-state index in [1.54, 1.807) is 7.11 Å². The fraction of sp³-hybridized carbons (Fsp3) is 0.462. The molecule has 0 fully saturated rings. The highest BCUT2D eigenvalue weighted by Gasteiger charge is 2.31. The zero-order chi connectivity index (χ0) is 12.2. The minimum absolute atomic E-state index is 0.182. The summed E-state index contributed by atoms with van der Waals surface area (Å²) in [5, 5.41) is 12.4. The molecular weight excluding hydrogens is 200 g/mol. The van der Waals surface area contributed by atoms with Crippen LogP contribution in [0.1, 0.15) is 19.4 Å². The molecule has 2 unspecified atom stereocenters. The summed E-state index contributed by atoms with van der Waals surface area (Å²) in [6.45, 7) is 5.74. The molecule has 0 aromatic heterocycles. The predicted octanol–water partition coefficient (Wildman–Crippen LogP) is 2.72. The first-order chi connectivity index (χ1) is 7.51. The Bertz CT molecular complexity index is 397. The van der Waals surface area contributed by atoms with Gasteiger partial charge in [0.15, 0.2) is 0 Å². The van der Waals surface area contributed by atoms with Gasteiger partial charge in [0.1, 0.15) is 5.54 Å². The van der Waals surface area contributed by atoms with Crippen molar-refractivity contribution in [3.63, 3.8) is 0 Å². The van der Waals surface area contributed by atoms with Crippen LogP contribution >= 0.6 is 0 Å². The lowest BCUT2D eigenvalue weighted by Crippen LogP contribution is -2.44. The van der Waals surface area contributed by atoms with Gasteiger partial charge in [0.2, 0.25) is 0 Å². The normalized spacial score (nSPS) is 15.9. The van der Waals surface area contributed by atoms with Crippen LogP contribution < -0.4 is 5.32 Å². The molecule has 0 amide bonds. The smallest absolute Gasteiger partial charge is 0.148 e. The van der Waals surface area contributed by atoms with Crippen molar-refractivity contribution in [3.8, 4) is 6.07 Å². The first-order valence-electron chi connectivity index (χ1n) is 5.30. The molecule has 0 aliphatic rings. The van der Waals surface area contributed by atoms with E-state index in [1.165, 1.54) is 0 Å². The Hall–Kier alpha value is -1.53. The predicted molar refractivity (Wildman–Crippen MR) is 65.3 cm³/mol. The zero-order valence-electron chi connectivity index (χ0n) is 10.2. The SMILES string of the molecule is COC(C)C(C)(C#N)Nc1cccc(C)c1. The molecule has 0 saturated heterocycles. The third-order valence-electron chi connectivity index (χ3n) is 2.82. The van der Waals surface area contributed by atoms with E-state index in [2.05, 4.69) is 11.4 Å². The molecular formula is C13H18N2O. The van der Waals surface area contributed by atoms with Gasteiger partial charge < -0.3 is 10.1 Å². The van der Waals surface area contributed by atoms with Crippen LogP contribution in [0.15, 0.2) is 24.3 Å². The van der Waals surface area contributed by atoms with Gasteiger partial charge >= 0.3 is 0 Å². The number of ether oxygens (including phenoxy) is 1. The fourth-order valence-corrected chi connectivity index (χ4v) is 1.48. The number of hydrogen-bond acceptors (Lipinski definition) is 3. The van der Waals surface area contributed by atoms with Crippen molar-refractivity contribution in [3.05, 3.63) is 29.8 Å². The number of benzene rings is 1. The molecule has 0 spiro atoms. The van der Waals surface area contributed by atoms with E-state index in [1.807, 2.05) is 45.0 Å². The summed E-state index contributed by atoms with van der Waals surface area (Å²) in [5.41, 5.74) is 1.38. The Labute approximate surface area is 97.0 Å². The Kier molecular flexibility index (Phi) is 3.92. The summed E-state index contributed by atoms with van der Waals surface area (Å²) >= 11 is 0. The number of anilines is 1. The van der Waals surface area contributed by atoms with Gasteiger partial charge in [-0.05, 0) is 38.5 Å². The van der Waals surface area contributed by atoms with Gasteiger partial charge in [-0.2, -0.15) is 5.26 Å². The lowest BCUT2D eigenvalue weighted by molar-refractivity contribution is 0.0853. The first kappa shape index (κ1) is 12.5. The van der Waals surface area contributed by atoms with Crippen molar-refractivity contribution in [2.75, 3.05) is 12.4 Å². The van der Waals surface area contributed by atoms with Crippen molar-refractivity contribution in [2.45, 2.75) is 32.4 Å². The van der Waals surface area contributed by atoms with Gasteiger partial charge in [-0.25, -0.2) is 0 Å². The standard InChI is InChI=1S/C13H18N2O/c1-10-6-5-7-12(8-10)15-13(3,9-14)11(2)16-4/h5-8,11,15H,1-4H3. The molecule has 1 aromatic rings. The van der Waals surface area contributed by atoms with Crippen LogP contribution in [0.5, 0.6) is 0 Å². The molecule has 0 bridgehead atoms. The average Bonchev–Trinajstić information content (AvgIpc) is 2.27. The van der Waals surface area contributed by atoms with Crippen LogP contribution in [-0.2, 0) is 4.74 Å². The van der Waals surface area contributed by atoms with Gasteiger partial charge in [0.05, 0.1) is 12.2 Å². The summed E-state index contributed by atoms with van der Waals surface area (Å²) in [6, 6.07) is 10.2. The van der Waals surface area contributed by atoms with E-state index in [4.69, 9.17) is 4.74 Å². The van der Waals surface area contributed by atoms with Crippen LogP contribution in [0, 0.1) is 18.3 Å². The molecule has 3 nitrogen and oxygen atoms in total. The first-order valence-corrected chi connectivity index (χ1v) is 5.30. The Morgan fingerprint density at radius 2 is 2.19 bits per heavy atom. The molecule has 1 N–H and O–H groups in total. The molecule has 86 valence electrons. The number of nitrogens with one attached hydrogen (secondary N) is 1. The maximum absolute atomic E-state index is 9.22. The summed E-state index contributed by atoms with van der Waals surface area (Å²) in [4.78, 5) is 0. The quantitative estimate of drug-likeness (QED) is 0.845. The summed E-state index contributed by atoms with van der Waals surface area (Å²) in [7, 11) is 1.61. The lowest BCUT2D eigenvalue weighted by Gasteiger charge is -2.29. The van der Waals surface area contributed by atoms with Gasteiger partial charge in [-0.1, -0.05) is 12.1 Å². The summed E-state index contributed by atoms with van der Waals surface area (Å²) in [5.74, 6) is 0. The number of methoxy groups -OCH3 is 1. The van der Waals surface area contributed by atoms with E-state index in [0.29, 0.717) is 0 Å². The van der Waals surface area contributed by atoms with E-state index in [9.17, 15) is 5.26 Å². The number of rotatable bonds is 4. The van der Waals surface area contributed by atoms with Crippen LogP contribution in [0.3, 0.4) is 0 Å². The monoisotopic (exact) mass is 218 g/mol. The summed E-state index contributed by atoms with van der Waals surface area (Å²) in [6.07, 6.45) is -0.182. The minimum atomic E-state index is -0.720. The average molecular weight is 218 g/mol. The lowest BCUT2D eigenvalue weighted by atomic mass is 9.97. The topological polar surface area (TPSA) is 45.0 Å². The Morgan fingerprint density at radius 1 is 1.50 bits per heavy atom. The highest BCUT2D eigenvalue weighted by atomic mass is 16.5. The second kappa shape index (κ2) is 5.00. The third kappa shape index (κ3) is 2.74. The molecule has 1 aromatic carbocycles. The van der Waals surface area contributed by atoms with Gasteiger partial charge in [-0.15, -0.1) is 0 Å². The zero-order valence-corrected chi connectivity index (χ0v) is 10.2. The van der Waals surface area contributed by atoms with E-state index < -0.39 is 5.54 Å². The molecule has 0 aliphatic carbocycles. The maximum atomic E-state index is 9.22. The van der Waals surface area contributed by atoms with E-state index >= 15 is 0 Å². The molecule has 0 heterocycles. The fourth-order valence-electron chi connectivity index (χ4n) is 1.48. The number of nitriles is 1. The van der Waals surface area contributed by atoms with E-state index in [-0.39, 0.29) is 6.10 Å². The van der Waals surface area contributed by atoms with Crippen molar-refractivity contribution in [2.24, 2.45) is 0 Å². The molecule has 0 aliphatic heterocycles. The largest absolute Gasteiger partial charge is 0.378 e. The molecule has 2 atom stereocenters. The number of nitrogens with zero attached hydrogens (tertiary/aromatic N) is 1. The number of hydrogen-bond donors (Lipinski definition) is 1. The number of aryl methyl sites for hydroxylation is 1. The van der Waals surface area contributed by atoms with Crippen molar-refractivity contribution < 1.29 is 4.74 Å². The van der Waals surface area contributed by atoms with Crippen LogP contribution in [-0.4, -0.2) is 18.8 Å². The summed E-state index contributed by atoms with van der Waals surface area (Å²) < 4.78 is 5.22. The molecule has 0 saturated carbocycles. The molecule has 1 rings (SSSR count). The van der Waals surface area contributed by atoms with Crippen LogP contribution in [0.4, 0.5) is 5.69 Å². The third-order valence-corrected chi connectivity index (χ3v) is 2.82. The van der Waals surface area contributed by atoms with Crippen LogP contribution in [0.25, 0.3) is 0 Å². The van der Waals surface area contributed by atoms with Crippen molar-refractivity contribution >= 4 is 5.69 Å². The van der Waals surface area contributed by atoms with Crippen molar-refractivity contribution in [1.29, 1.82) is 5.26 Å². The molecule has 0 radical (unpaired) electrons. The van der Waals surface area contributed by atoms with E-state index in [0.717, 1.165) is 11.3 Å². The Morgan fingerprint density at radius 3 is 2.69 bits per heavy atom.